The Morgan fingerprint density at radius 1 is 1.33 bits per heavy atom. The highest BCUT2D eigenvalue weighted by molar-refractivity contribution is 7.10. The van der Waals surface area contributed by atoms with Crippen molar-refractivity contribution in [2.24, 2.45) is 0 Å². The molecule has 3 atom stereocenters. The Hall–Kier alpha value is -1.36. The smallest absolute Gasteiger partial charge is 0.246 e. The van der Waals surface area contributed by atoms with Crippen molar-refractivity contribution in [3.8, 4) is 0 Å². The number of fused-ring (bicyclic) bond motifs is 1. The SMILES string of the molecule is CCC1C(=O)N2CCCCC2C(=O)N1C(C)c1cccs1. The number of amides is 2. The van der Waals surface area contributed by atoms with Crippen LogP contribution in [0.2, 0.25) is 0 Å². The van der Waals surface area contributed by atoms with Crippen LogP contribution in [0.25, 0.3) is 0 Å². The van der Waals surface area contributed by atoms with Crippen LogP contribution < -0.4 is 0 Å². The highest BCUT2D eigenvalue weighted by Gasteiger charge is 2.47. The van der Waals surface area contributed by atoms with Gasteiger partial charge < -0.3 is 9.80 Å². The Morgan fingerprint density at radius 2 is 2.14 bits per heavy atom. The molecule has 0 bridgehead atoms. The first-order valence-electron chi connectivity index (χ1n) is 7.81. The van der Waals surface area contributed by atoms with E-state index in [0.29, 0.717) is 6.42 Å². The van der Waals surface area contributed by atoms with Crippen molar-refractivity contribution in [2.45, 2.75) is 57.7 Å². The van der Waals surface area contributed by atoms with E-state index >= 15 is 0 Å². The molecule has 1 aromatic heterocycles. The second-order valence-electron chi connectivity index (χ2n) is 5.90. The lowest BCUT2D eigenvalue weighted by Crippen LogP contribution is -2.65. The molecule has 4 nitrogen and oxygen atoms in total. The number of carbonyl (C=O) groups is 2. The fraction of sp³-hybridized carbons (Fsp3) is 0.625. The molecular weight excluding hydrogens is 284 g/mol. The number of hydrogen-bond donors (Lipinski definition) is 0. The summed E-state index contributed by atoms with van der Waals surface area (Å²) in [6.45, 7) is 4.78. The highest BCUT2D eigenvalue weighted by Crippen LogP contribution is 2.34. The summed E-state index contributed by atoms with van der Waals surface area (Å²) in [7, 11) is 0. The number of piperidine rings is 1. The van der Waals surface area contributed by atoms with Gasteiger partial charge in [-0.2, -0.15) is 0 Å². The molecule has 2 amide bonds. The maximum Gasteiger partial charge on any atom is 0.246 e. The van der Waals surface area contributed by atoms with Gasteiger partial charge in [0.05, 0.1) is 6.04 Å². The number of nitrogens with zero attached hydrogens (tertiary/aromatic N) is 2. The summed E-state index contributed by atoms with van der Waals surface area (Å²) in [6, 6.07) is 3.50. The molecule has 2 saturated heterocycles. The van der Waals surface area contributed by atoms with E-state index < -0.39 is 0 Å². The van der Waals surface area contributed by atoms with E-state index in [1.165, 1.54) is 0 Å². The van der Waals surface area contributed by atoms with Crippen molar-refractivity contribution in [2.75, 3.05) is 6.54 Å². The Labute approximate surface area is 129 Å². The number of carbonyl (C=O) groups excluding carboxylic acids is 2. The molecule has 0 aromatic carbocycles. The summed E-state index contributed by atoms with van der Waals surface area (Å²) in [5.41, 5.74) is 0. The number of piperazine rings is 1. The third kappa shape index (κ3) is 2.37. The third-order valence-electron chi connectivity index (χ3n) is 4.71. The number of hydrogen-bond acceptors (Lipinski definition) is 3. The minimum atomic E-state index is -0.302. The molecule has 3 unspecified atom stereocenters. The standard InChI is InChI=1S/C16H22N2O2S/c1-3-12-15(19)17-9-5-4-7-13(17)16(20)18(12)11(2)14-8-6-10-21-14/h6,8,10-13H,3-5,7,9H2,1-2H3. The minimum Gasteiger partial charge on any atom is -0.329 e. The van der Waals surface area contributed by atoms with Gasteiger partial charge in [0.15, 0.2) is 0 Å². The van der Waals surface area contributed by atoms with Crippen LogP contribution in [-0.4, -0.2) is 40.2 Å². The van der Waals surface area contributed by atoms with E-state index in [0.717, 1.165) is 30.7 Å². The Morgan fingerprint density at radius 3 is 2.81 bits per heavy atom. The van der Waals surface area contributed by atoms with Crippen LogP contribution in [-0.2, 0) is 9.59 Å². The lowest BCUT2D eigenvalue weighted by Gasteiger charge is -2.48. The summed E-state index contributed by atoms with van der Waals surface area (Å²) < 4.78 is 0. The number of rotatable bonds is 3. The molecule has 0 N–H and O–H groups in total. The van der Waals surface area contributed by atoms with E-state index in [1.807, 2.05) is 41.2 Å². The van der Waals surface area contributed by atoms with Crippen molar-refractivity contribution in [3.05, 3.63) is 22.4 Å². The maximum atomic E-state index is 12.9. The number of thiophene rings is 1. The molecule has 3 heterocycles. The average Bonchev–Trinajstić information content (AvgIpc) is 3.04. The van der Waals surface area contributed by atoms with Gasteiger partial charge in [0.2, 0.25) is 11.8 Å². The summed E-state index contributed by atoms with van der Waals surface area (Å²) in [5.74, 6) is 0.284. The first-order valence-corrected chi connectivity index (χ1v) is 8.69. The van der Waals surface area contributed by atoms with E-state index in [4.69, 9.17) is 0 Å². The lowest BCUT2D eigenvalue weighted by molar-refractivity contribution is -0.166. The van der Waals surface area contributed by atoms with Crippen molar-refractivity contribution >= 4 is 23.2 Å². The van der Waals surface area contributed by atoms with Crippen molar-refractivity contribution in [1.29, 1.82) is 0 Å². The van der Waals surface area contributed by atoms with E-state index in [1.54, 1.807) is 11.3 Å². The lowest BCUT2D eigenvalue weighted by atomic mass is 9.93. The van der Waals surface area contributed by atoms with Gasteiger partial charge in [-0.15, -0.1) is 11.3 Å². The van der Waals surface area contributed by atoms with E-state index in [9.17, 15) is 9.59 Å². The zero-order chi connectivity index (χ0) is 15.0. The molecule has 0 radical (unpaired) electrons. The van der Waals surface area contributed by atoms with Crippen LogP contribution in [0, 0.1) is 0 Å². The minimum absolute atomic E-state index is 0.0181. The first-order chi connectivity index (χ1) is 10.1. The molecule has 2 fully saturated rings. The maximum absolute atomic E-state index is 12.9. The zero-order valence-corrected chi connectivity index (χ0v) is 13.4. The zero-order valence-electron chi connectivity index (χ0n) is 12.6. The van der Waals surface area contributed by atoms with Crippen LogP contribution in [0.5, 0.6) is 0 Å². The molecule has 0 saturated carbocycles. The van der Waals surface area contributed by atoms with Gasteiger partial charge in [-0.3, -0.25) is 9.59 Å². The predicted octanol–water partition coefficient (Wildman–Crippen LogP) is 2.81. The van der Waals surface area contributed by atoms with Crippen molar-refractivity contribution in [3.63, 3.8) is 0 Å². The molecule has 2 aliphatic rings. The summed E-state index contributed by atoms with van der Waals surface area (Å²) >= 11 is 1.65. The third-order valence-corrected chi connectivity index (χ3v) is 5.75. The van der Waals surface area contributed by atoms with Crippen LogP contribution >= 0.6 is 11.3 Å². The quantitative estimate of drug-likeness (QED) is 0.861. The fourth-order valence-electron chi connectivity index (χ4n) is 3.59. The van der Waals surface area contributed by atoms with Gasteiger partial charge in [-0.25, -0.2) is 0 Å². The average molecular weight is 306 g/mol. The predicted molar refractivity (Wildman–Crippen MR) is 83.0 cm³/mol. The summed E-state index contributed by atoms with van der Waals surface area (Å²) in [6.07, 6.45) is 3.56. The summed E-state index contributed by atoms with van der Waals surface area (Å²) in [4.78, 5) is 30.5. The highest BCUT2D eigenvalue weighted by atomic mass is 32.1. The molecule has 114 valence electrons. The van der Waals surface area contributed by atoms with Gasteiger partial charge in [0.25, 0.3) is 0 Å². The van der Waals surface area contributed by atoms with Gasteiger partial charge in [-0.1, -0.05) is 13.0 Å². The van der Waals surface area contributed by atoms with Crippen LogP contribution in [0.15, 0.2) is 17.5 Å². The molecule has 0 aliphatic carbocycles. The topological polar surface area (TPSA) is 40.6 Å². The molecule has 1 aromatic rings. The Kier molecular flexibility index (Phi) is 4.02. The largest absolute Gasteiger partial charge is 0.329 e. The summed E-state index contributed by atoms with van der Waals surface area (Å²) in [5, 5.41) is 2.02. The van der Waals surface area contributed by atoms with Gasteiger partial charge in [0, 0.05) is 11.4 Å². The van der Waals surface area contributed by atoms with Crippen LogP contribution in [0.3, 0.4) is 0 Å². The monoisotopic (exact) mass is 306 g/mol. The van der Waals surface area contributed by atoms with Gasteiger partial charge in [0.1, 0.15) is 12.1 Å². The fourth-order valence-corrected chi connectivity index (χ4v) is 4.37. The normalized spacial score (nSPS) is 27.7. The van der Waals surface area contributed by atoms with Crippen molar-refractivity contribution in [1.82, 2.24) is 9.80 Å². The van der Waals surface area contributed by atoms with E-state index in [2.05, 4.69) is 0 Å². The Bertz CT molecular complexity index is 528. The van der Waals surface area contributed by atoms with Crippen LogP contribution in [0.1, 0.15) is 50.4 Å². The Balaban J connectivity index is 1.93. The van der Waals surface area contributed by atoms with E-state index in [-0.39, 0.29) is 29.9 Å². The van der Waals surface area contributed by atoms with Gasteiger partial charge in [-0.05, 0) is 44.1 Å². The molecule has 0 spiro atoms. The van der Waals surface area contributed by atoms with Crippen LogP contribution in [0.4, 0.5) is 0 Å². The second-order valence-corrected chi connectivity index (χ2v) is 6.88. The van der Waals surface area contributed by atoms with Gasteiger partial charge >= 0.3 is 0 Å². The molecular formula is C16H22N2O2S. The second kappa shape index (κ2) is 5.79. The first kappa shape index (κ1) is 14.6. The molecule has 2 aliphatic heterocycles. The molecule has 5 heteroatoms. The van der Waals surface area contributed by atoms with Crippen molar-refractivity contribution < 1.29 is 9.59 Å². The molecule has 21 heavy (non-hydrogen) atoms. The molecule has 3 rings (SSSR count).